The topological polar surface area (TPSA) is 54.5 Å². The van der Waals surface area contributed by atoms with Crippen LogP contribution in [0.4, 0.5) is 0 Å². The van der Waals surface area contributed by atoms with Crippen LogP contribution in [0.25, 0.3) is 0 Å². The number of nitriles is 1. The molecule has 0 bridgehead atoms. The van der Waals surface area contributed by atoms with Crippen LogP contribution in [0.1, 0.15) is 16.9 Å². The molecular weight excluding hydrogens is 328 g/mol. The molecule has 4 nitrogen and oxygen atoms in total. The Morgan fingerprint density at radius 3 is 2.70 bits per heavy atom. The summed E-state index contributed by atoms with van der Waals surface area (Å²) in [6.45, 7) is 0.469. The molecule has 3 aromatic rings. The van der Waals surface area contributed by atoms with Crippen molar-refractivity contribution in [2.24, 2.45) is 0 Å². The maximum absolute atomic E-state index is 9.99. The first-order valence-electron chi connectivity index (χ1n) is 7.24. The quantitative estimate of drug-likeness (QED) is 0.678. The van der Waals surface area contributed by atoms with Crippen molar-refractivity contribution in [3.63, 3.8) is 0 Å². The maximum atomic E-state index is 9.99. The van der Waals surface area contributed by atoms with Gasteiger partial charge >= 0.3 is 0 Å². The predicted molar refractivity (Wildman–Crippen MR) is 91.4 cm³/mol. The molecule has 6 heteroatoms. The Balaban J connectivity index is 1.92. The Kier molecular flexibility index (Phi) is 4.75. The van der Waals surface area contributed by atoms with Gasteiger partial charge in [0.1, 0.15) is 18.1 Å². The van der Waals surface area contributed by atoms with Gasteiger partial charge in [-0.05, 0) is 42.0 Å². The van der Waals surface area contributed by atoms with Gasteiger partial charge in [0.25, 0.3) is 0 Å². The largest absolute Gasteiger partial charge is 0.251 e. The molecule has 0 fully saturated rings. The van der Waals surface area contributed by atoms with Crippen LogP contribution in [-0.4, -0.2) is 14.8 Å². The van der Waals surface area contributed by atoms with E-state index in [9.17, 15) is 5.26 Å². The molecule has 0 aliphatic carbocycles. The van der Waals surface area contributed by atoms with E-state index in [0.717, 1.165) is 12.0 Å². The van der Waals surface area contributed by atoms with Crippen molar-refractivity contribution in [2.75, 3.05) is 0 Å². The number of aryl methyl sites for hydroxylation is 1. The highest BCUT2D eigenvalue weighted by Crippen LogP contribution is 2.32. The van der Waals surface area contributed by atoms with Crippen molar-refractivity contribution in [1.82, 2.24) is 14.8 Å². The fraction of sp³-hybridized carbons (Fsp3) is 0.235. The SMILES string of the molecule is N#CC(CCc1cccs1)(Cn1cncn1)c1ccc(Cl)cc1. The molecule has 2 aromatic heterocycles. The summed E-state index contributed by atoms with van der Waals surface area (Å²) < 4.78 is 1.71. The molecule has 2 heterocycles. The maximum Gasteiger partial charge on any atom is 0.137 e. The van der Waals surface area contributed by atoms with Crippen molar-refractivity contribution in [2.45, 2.75) is 24.8 Å². The van der Waals surface area contributed by atoms with Gasteiger partial charge in [0.05, 0.1) is 12.6 Å². The van der Waals surface area contributed by atoms with Gasteiger partial charge in [-0.15, -0.1) is 11.3 Å². The van der Waals surface area contributed by atoms with E-state index in [-0.39, 0.29) is 0 Å². The van der Waals surface area contributed by atoms with Gasteiger partial charge in [-0.2, -0.15) is 10.4 Å². The lowest BCUT2D eigenvalue weighted by Crippen LogP contribution is -2.31. The van der Waals surface area contributed by atoms with Gasteiger partial charge in [0.2, 0.25) is 0 Å². The molecular formula is C17H15ClN4S. The Hall–Kier alpha value is -2.16. The molecule has 0 saturated heterocycles. The highest BCUT2D eigenvalue weighted by Gasteiger charge is 2.33. The first-order chi connectivity index (χ1) is 11.2. The first-order valence-corrected chi connectivity index (χ1v) is 8.50. The molecule has 0 amide bonds. The number of benzene rings is 1. The van der Waals surface area contributed by atoms with Crippen molar-refractivity contribution in [3.05, 3.63) is 69.9 Å². The fourth-order valence-corrected chi connectivity index (χ4v) is 3.46. The van der Waals surface area contributed by atoms with Gasteiger partial charge in [0, 0.05) is 9.90 Å². The summed E-state index contributed by atoms with van der Waals surface area (Å²) in [4.78, 5) is 5.26. The predicted octanol–water partition coefficient (Wildman–Crippen LogP) is 4.09. The van der Waals surface area contributed by atoms with E-state index in [4.69, 9.17) is 11.6 Å². The third-order valence-corrected chi connectivity index (χ3v) is 5.08. The van der Waals surface area contributed by atoms with Crippen molar-refractivity contribution in [1.29, 1.82) is 5.26 Å². The van der Waals surface area contributed by atoms with Gasteiger partial charge in [-0.25, -0.2) is 4.98 Å². The smallest absolute Gasteiger partial charge is 0.137 e. The molecule has 116 valence electrons. The number of halogens is 1. The average Bonchev–Trinajstić information content (AvgIpc) is 3.26. The molecule has 23 heavy (non-hydrogen) atoms. The molecule has 0 saturated carbocycles. The van der Waals surface area contributed by atoms with Crippen LogP contribution < -0.4 is 0 Å². The van der Waals surface area contributed by atoms with E-state index < -0.39 is 5.41 Å². The molecule has 1 atom stereocenters. The summed E-state index contributed by atoms with van der Waals surface area (Å²) in [6, 6.07) is 14.2. The van der Waals surface area contributed by atoms with E-state index in [1.807, 2.05) is 30.3 Å². The van der Waals surface area contributed by atoms with Gasteiger partial charge in [-0.1, -0.05) is 29.8 Å². The Labute approximate surface area is 144 Å². The Morgan fingerprint density at radius 2 is 2.09 bits per heavy atom. The van der Waals surface area contributed by atoms with E-state index >= 15 is 0 Å². The second-order valence-corrected chi connectivity index (χ2v) is 6.84. The summed E-state index contributed by atoms with van der Waals surface area (Å²) in [5, 5.41) is 16.9. The van der Waals surface area contributed by atoms with Gasteiger partial charge in [-0.3, -0.25) is 4.68 Å². The molecule has 0 aliphatic rings. The third-order valence-electron chi connectivity index (χ3n) is 3.89. The fourth-order valence-electron chi connectivity index (χ4n) is 2.62. The number of hydrogen-bond acceptors (Lipinski definition) is 4. The zero-order chi connectivity index (χ0) is 16.1. The van der Waals surface area contributed by atoms with Crippen molar-refractivity contribution < 1.29 is 0 Å². The number of nitrogens with zero attached hydrogens (tertiary/aromatic N) is 4. The van der Waals surface area contributed by atoms with Crippen LogP contribution >= 0.6 is 22.9 Å². The highest BCUT2D eigenvalue weighted by molar-refractivity contribution is 7.09. The lowest BCUT2D eigenvalue weighted by atomic mass is 9.77. The molecule has 0 N–H and O–H groups in total. The second kappa shape index (κ2) is 6.95. The average molecular weight is 343 g/mol. The zero-order valence-corrected chi connectivity index (χ0v) is 14.0. The molecule has 1 unspecified atom stereocenters. The minimum Gasteiger partial charge on any atom is -0.251 e. The number of aromatic nitrogens is 3. The highest BCUT2D eigenvalue weighted by atomic mass is 35.5. The van der Waals surface area contributed by atoms with Crippen LogP contribution in [-0.2, 0) is 18.4 Å². The molecule has 0 radical (unpaired) electrons. The second-order valence-electron chi connectivity index (χ2n) is 5.37. The molecule has 0 aliphatic heterocycles. The summed E-state index contributed by atoms with van der Waals surface area (Å²) in [6.07, 6.45) is 4.70. The first kappa shape index (κ1) is 15.7. The Morgan fingerprint density at radius 1 is 1.26 bits per heavy atom. The number of rotatable bonds is 6. The van der Waals surface area contributed by atoms with E-state index in [1.54, 1.807) is 22.3 Å². The van der Waals surface area contributed by atoms with Gasteiger partial charge < -0.3 is 0 Å². The minimum absolute atomic E-state index is 0.469. The lowest BCUT2D eigenvalue weighted by molar-refractivity contribution is 0.402. The normalized spacial score (nSPS) is 13.4. The van der Waals surface area contributed by atoms with Gasteiger partial charge in [0.15, 0.2) is 0 Å². The third kappa shape index (κ3) is 3.61. The van der Waals surface area contributed by atoms with E-state index in [1.165, 1.54) is 11.2 Å². The standard InChI is InChI=1S/C17H15ClN4S/c18-15-5-3-14(4-6-15)17(10-19,11-22-13-20-12-21-22)8-7-16-2-1-9-23-16/h1-6,9,12-13H,7-8,11H2. The van der Waals surface area contributed by atoms with Crippen LogP contribution in [0.15, 0.2) is 54.4 Å². The summed E-state index contributed by atoms with van der Waals surface area (Å²) in [5.74, 6) is 0. The van der Waals surface area contributed by atoms with E-state index in [2.05, 4.69) is 27.6 Å². The van der Waals surface area contributed by atoms with Crippen LogP contribution in [0, 0.1) is 11.3 Å². The minimum atomic E-state index is -0.664. The summed E-state index contributed by atoms with van der Waals surface area (Å²) in [7, 11) is 0. The lowest BCUT2D eigenvalue weighted by Gasteiger charge is -2.27. The monoisotopic (exact) mass is 342 g/mol. The van der Waals surface area contributed by atoms with Crippen molar-refractivity contribution >= 4 is 22.9 Å². The van der Waals surface area contributed by atoms with Crippen LogP contribution in [0.5, 0.6) is 0 Å². The zero-order valence-electron chi connectivity index (χ0n) is 12.4. The molecule has 1 aromatic carbocycles. The Bertz CT molecular complexity index is 775. The number of thiophene rings is 1. The van der Waals surface area contributed by atoms with Crippen LogP contribution in [0.2, 0.25) is 5.02 Å². The summed E-state index contributed by atoms with van der Waals surface area (Å²) >= 11 is 7.71. The van der Waals surface area contributed by atoms with E-state index in [0.29, 0.717) is 18.0 Å². The number of hydrogen-bond donors (Lipinski definition) is 0. The molecule has 0 spiro atoms. The van der Waals surface area contributed by atoms with Crippen molar-refractivity contribution in [3.8, 4) is 6.07 Å². The summed E-state index contributed by atoms with van der Waals surface area (Å²) in [5.41, 5.74) is 0.291. The molecule has 3 rings (SSSR count). The van der Waals surface area contributed by atoms with Crippen LogP contribution in [0.3, 0.4) is 0 Å².